The summed E-state index contributed by atoms with van der Waals surface area (Å²) in [6.45, 7) is 9.08. The first-order valence-electron chi connectivity index (χ1n) is 10.1. The molecule has 2 N–H and O–H groups in total. The molecule has 0 spiro atoms. The van der Waals surface area contributed by atoms with E-state index in [1.54, 1.807) is 12.4 Å². The third-order valence-electron chi connectivity index (χ3n) is 3.42. The third kappa shape index (κ3) is 11.8. The van der Waals surface area contributed by atoms with Crippen LogP contribution < -0.4 is 10.6 Å². The fourth-order valence-electron chi connectivity index (χ4n) is 2.17. The minimum absolute atomic E-state index is 0.805. The van der Waals surface area contributed by atoms with Crippen LogP contribution in [-0.2, 0) is 13.1 Å². The van der Waals surface area contributed by atoms with Crippen molar-refractivity contribution in [2.24, 2.45) is 0 Å². The highest BCUT2D eigenvalue weighted by Gasteiger charge is 1.98. The van der Waals surface area contributed by atoms with Crippen molar-refractivity contribution >= 4 is 5.82 Å². The van der Waals surface area contributed by atoms with Crippen LogP contribution in [-0.4, -0.2) is 16.5 Å². The molecule has 0 bridgehead atoms. The van der Waals surface area contributed by atoms with Crippen molar-refractivity contribution in [3.8, 4) is 0 Å². The number of hydrogen-bond donors (Lipinski definition) is 2. The summed E-state index contributed by atoms with van der Waals surface area (Å²) in [4.78, 5) is 8.37. The fourth-order valence-corrected chi connectivity index (χ4v) is 2.17. The van der Waals surface area contributed by atoms with E-state index in [4.69, 9.17) is 0 Å². The summed E-state index contributed by atoms with van der Waals surface area (Å²) < 4.78 is 0. The van der Waals surface area contributed by atoms with Crippen molar-refractivity contribution in [3.63, 3.8) is 0 Å². The Morgan fingerprint density at radius 2 is 1.43 bits per heavy atom. The zero-order valence-electron chi connectivity index (χ0n) is 17.4. The van der Waals surface area contributed by atoms with Crippen molar-refractivity contribution in [2.75, 3.05) is 11.9 Å². The monoisotopic (exact) mass is 378 g/mol. The smallest absolute Gasteiger partial charge is 0.126 e. The first kappa shape index (κ1) is 23.3. The van der Waals surface area contributed by atoms with Gasteiger partial charge in [0.25, 0.3) is 0 Å². The summed E-state index contributed by atoms with van der Waals surface area (Å²) in [5.41, 5.74) is 2.34. The van der Waals surface area contributed by atoms with Crippen molar-refractivity contribution in [2.45, 2.75) is 46.7 Å². The minimum Gasteiger partial charge on any atom is -0.366 e. The Morgan fingerprint density at radius 1 is 0.750 bits per heavy atom. The lowest BCUT2D eigenvalue weighted by atomic mass is 10.2. The molecule has 0 amide bonds. The van der Waals surface area contributed by atoms with Crippen LogP contribution in [0.2, 0.25) is 0 Å². The van der Waals surface area contributed by atoms with E-state index in [2.05, 4.69) is 71.7 Å². The van der Waals surface area contributed by atoms with Gasteiger partial charge in [0.15, 0.2) is 0 Å². The van der Waals surface area contributed by atoms with E-state index in [1.165, 1.54) is 12.0 Å². The first-order valence-corrected chi connectivity index (χ1v) is 10.1. The zero-order chi connectivity index (χ0) is 20.3. The molecular formula is C24H34N4. The molecule has 0 fully saturated rings. The number of pyridine rings is 2. The molecule has 2 aromatic heterocycles. The highest BCUT2D eigenvalue weighted by atomic mass is 15.0. The van der Waals surface area contributed by atoms with E-state index in [0.29, 0.717) is 0 Å². The van der Waals surface area contributed by atoms with Crippen molar-refractivity contribution < 1.29 is 0 Å². The maximum atomic E-state index is 4.59. The molecule has 4 heteroatoms. The van der Waals surface area contributed by atoms with E-state index in [1.807, 2.05) is 36.4 Å². The molecule has 28 heavy (non-hydrogen) atoms. The molecule has 3 rings (SSSR count). The topological polar surface area (TPSA) is 49.8 Å². The summed E-state index contributed by atoms with van der Waals surface area (Å²) in [6, 6.07) is 22.2. The van der Waals surface area contributed by atoms with Gasteiger partial charge in [-0.1, -0.05) is 69.7 Å². The predicted molar refractivity (Wildman–Crippen MR) is 120 cm³/mol. The molecule has 0 aliphatic carbocycles. The van der Waals surface area contributed by atoms with Gasteiger partial charge in [0, 0.05) is 25.5 Å². The van der Waals surface area contributed by atoms with E-state index >= 15 is 0 Å². The number of benzene rings is 1. The number of anilines is 1. The lowest BCUT2D eigenvalue weighted by Crippen LogP contribution is -2.15. The summed E-state index contributed by atoms with van der Waals surface area (Å²) in [7, 11) is 0. The van der Waals surface area contributed by atoms with Crippen LogP contribution in [0.25, 0.3) is 0 Å². The molecule has 2 heterocycles. The Labute approximate surface area is 170 Å². The molecule has 1 aromatic carbocycles. The van der Waals surface area contributed by atoms with Gasteiger partial charge in [-0.15, -0.1) is 0 Å². The van der Waals surface area contributed by atoms with Crippen molar-refractivity contribution in [3.05, 3.63) is 90.4 Å². The zero-order valence-corrected chi connectivity index (χ0v) is 17.4. The molecule has 0 saturated carbocycles. The van der Waals surface area contributed by atoms with Crippen LogP contribution in [0.3, 0.4) is 0 Å². The predicted octanol–water partition coefficient (Wildman–Crippen LogP) is 5.69. The van der Waals surface area contributed by atoms with Crippen LogP contribution in [0.5, 0.6) is 0 Å². The summed E-state index contributed by atoms with van der Waals surface area (Å²) in [5, 5.41) is 6.71. The second kappa shape index (κ2) is 16.5. The average Bonchev–Trinajstić information content (AvgIpc) is 2.76. The second-order valence-corrected chi connectivity index (χ2v) is 6.26. The molecule has 4 nitrogen and oxygen atoms in total. The molecular weight excluding hydrogens is 344 g/mol. The van der Waals surface area contributed by atoms with Gasteiger partial charge in [-0.2, -0.15) is 0 Å². The van der Waals surface area contributed by atoms with Gasteiger partial charge in [-0.05, 0) is 42.8 Å². The highest BCUT2D eigenvalue weighted by molar-refractivity contribution is 5.36. The molecule has 150 valence electrons. The minimum atomic E-state index is 0.805. The molecule has 0 aliphatic rings. The highest BCUT2D eigenvalue weighted by Crippen LogP contribution is 2.07. The lowest BCUT2D eigenvalue weighted by Gasteiger charge is -2.08. The summed E-state index contributed by atoms with van der Waals surface area (Å²) in [6.07, 6.45) is 5.89. The summed E-state index contributed by atoms with van der Waals surface area (Å²) >= 11 is 0. The largest absolute Gasteiger partial charge is 0.366 e. The summed E-state index contributed by atoms with van der Waals surface area (Å²) in [5.74, 6) is 0.930. The average molecular weight is 379 g/mol. The molecule has 0 radical (unpaired) electrons. The molecule has 0 atom stereocenters. The number of aromatic nitrogens is 2. The Bertz CT molecular complexity index is 675. The first-order chi connectivity index (χ1) is 13.8. The van der Waals surface area contributed by atoms with Gasteiger partial charge in [0.2, 0.25) is 0 Å². The number of nitrogens with one attached hydrogen (secondary N) is 2. The van der Waals surface area contributed by atoms with Crippen molar-refractivity contribution in [1.29, 1.82) is 0 Å². The van der Waals surface area contributed by atoms with E-state index in [9.17, 15) is 0 Å². The second-order valence-electron chi connectivity index (χ2n) is 6.26. The van der Waals surface area contributed by atoms with Crippen LogP contribution in [0.15, 0.2) is 79.1 Å². The Hall–Kier alpha value is -2.72. The van der Waals surface area contributed by atoms with Gasteiger partial charge in [-0.3, -0.25) is 4.98 Å². The van der Waals surface area contributed by atoms with Crippen LogP contribution >= 0.6 is 0 Å². The fraction of sp³-hybridized carbons (Fsp3) is 0.333. The van der Waals surface area contributed by atoms with E-state index in [0.717, 1.165) is 37.6 Å². The normalized spacial score (nSPS) is 9.39. The number of rotatable bonds is 7. The lowest BCUT2D eigenvalue weighted by molar-refractivity contribution is 0.664. The molecule has 3 aromatic rings. The SMILES string of the molecule is CCC.CCCNCc1cccc(NCc2ccccc2)n1.c1ccncc1. The third-order valence-corrected chi connectivity index (χ3v) is 3.42. The van der Waals surface area contributed by atoms with Gasteiger partial charge >= 0.3 is 0 Å². The van der Waals surface area contributed by atoms with Gasteiger partial charge in [-0.25, -0.2) is 4.98 Å². The Morgan fingerprint density at radius 3 is 2.00 bits per heavy atom. The Balaban J connectivity index is 0.000000360. The maximum absolute atomic E-state index is 4.59. The number of hydrogen-bond acceptors (Lipinski definition) is 4. The van der Waals surface area contributed by atoms with Crippen molar-refractivity contribution in [1.82, 2.24) is 15.3 Å². The van der Waals surface area contributed by atoms with Gasteiger partial charge < -0.3 is 10.6 Å². The Kier molecular flexibility index (Phi) is 13.7. The quantitative estimate of drug-likeness (QED) is 0.518. The van der Waals surface area contributed by atoms with Gasteiger partial charge in [0.1, 0.15) is 5.82 Å². The van der Waals surface area contributed by atoms with Crippen LogP contribution in [0, 0.1) is 0 Å². The standard InChI is InChI=1S/C16H21N3.C5H5N.C3H8/c1-2-11-17-13-15-9-6-10-16(19-15)18-12-14-7-4-3-5-8-14;1-2-4-6-5-3-1;1-3-2/h3-10,17H,2,11-13H2,1H3,(H,18,19);1-5H;3H2,1-2H3. The maximum Gasteiger partial charge on any atom is 0.126 e. The molecule has 0 unspecified atom stereocenters. The van der Waals surface area contributed by atoms with E-state index < -0.39 is 0 Å². The van der Waals surface area contributed by atoms with Gasteiger partial charge in [0.05, 0.1) is 5.69 Å². The molecule has 0 saturated heterocycles. The van der Waals surface area contributed by atoms with Crippen LogP contribution in [0.1, 0.15) is 44.9 Å². The molecule has 0 aliphatic heterocycles. The van der Waals surface area contributed by atoms with E-state index in [-0.39, 0.29) is 0 Å². The number of nitrogens with zero attached hydrogens (tertiary/aromatic N) is 2. The van der Waals surface area contributed by atoms with Crippen LogP contribution in [0.4, 0.5) is 5.82 Å².